The first-order chi connectivity index (χ1) is 11.6. The lowest BCUT2D eigenvalue weighted by Crippen LogP contribution is -2.28. The molecular weight excluding hydrogens is 326 g/mol. The second-order valence-corrected chi connectivity index (χ2v) is 5.96. The van der Waals surface area contributed by atoms with Crippen molar-refractivity contribution >= 4 is 34.7 Å². The van der Waals surface area contributed by atoms with Crippen LogP contribution >= 0.6 is 11.8 Å². The fraction of sp³-hybridized carbons (Fsp3) is 0.111. The average Bonchev–Trinajstić information content (AvgIpc) is 2.89. The summed E-state index contributed by atoms with van der Waals surface area (Å²) >= 11 is 0.912. The van der Waals surface area contributed by atoms with Gasteiger partial charge in [0.15, 0.2) is 0 Å². The van der Waals surface area contributed by atoms with Gasteiger partial charge in [-0.15, -0.1) is 0 Å². The number of thioether (sulfide) groups is 1. The van der Waals surface area contributed by atoms with Gasteiger partial charge in [0.25, 0.3) is 11.1 Å². The fourth-order valence-electron chi connectivity index (χ4n) is 2.34. The molecule has 0 aliphatic carbocycles. The van der Waals surface area contributed by atoms with Gasteiger partial charge in [-0.25, -0.2) is 4.90 Å². The van der Waals surface area contributed by atoms with Crippen LogP contribution in [0.25, 0.3) is 6.08 Å². The largest absolute Gasteiger partial charge is 0.497 e. The maximum atomic E-state index is 12.6. The molecule has 1 heterocycles. The minimum atomic E-state index is -0.356. The molecule has 2 aromatic carbocycles. The number of para-hydroxylation sites is 2. The van der Waals surface area contributed by atoms with Gasteiger partial charge < -0.3 is 9.47 Å². The van der Waals surface area contributed by atoms with Gasteiger partial charge in [0.2, 0.25) is 0 Å². The van der Waals surface area contributed by atoms with Crippen molar-refractivity contribution in [1.29, 1.82) is 0 Å². The average molecular weight is 341 g/mol. The SMILES string of the molecule is COc1ccc(/C=C2\SC(=O)N(c3ccccc3OC)C2=O)cc1. The lowest BCUT2D eigenvalue weighted by atomic mass is 10.2. The molecule has 0 bridgehead atoms. The van der Waals surface area contributed by atoms with Crippen molar-refractivity contribution in [2.45, 2.75) is 0 Å². The lowest BCUT2D eigenvalue weighted by molar-refractivity contribution is -0.113. The summed E-state index contributed by atoms with van der Waals surface area (Å²) in [6.45, 7) is 0. The van der Waals surface area contributed by atoms with Crippen molar-refractivity contribution in [2.24, 2.45) is 0 Å². The molecule has 122 valence electrons. The molecule has 0 atom stereocenters. The molecule has 3 rings (SSSR count). The molecular formula is C18H15NO4S. The zero-order valence-corrected chi connectivity index (χ0v) is 14.0. The highest BCUT2D eigenvalue weighted by Gasteiger charge is 2.37. The van der Waals surface area contributed by atoms with Gasteiger partial charge in [0.05, 0.1) is 24.8 Å². The van der Waals surface area contributed by atoms with Crippen molar-refractivity contribution < 1.29 is 19.1 Å². The summed E-state index contributed by atoms with van der Waals surface area (Å²) in [6, 6.07) is 14.2. The number of amides is 2. The predicted octanol–water partition coefficient (Wildman–Crippen LogP) is 3.94. The van der Waals surface area contributed by atoms with Crippen LogP contribution in [0.4, 0.5) is 10.5 Å². The second-order valence-electron chi connectivity index (χ2n) is 4.96. The summed E-state index contributed by atoms with van der Waals surface area (Å²) in [5, 5.41) is -0.343. The summed E-state index contributed by atoms with van der Waals surface area (Å²) in [7, 11) is 3.10. The molecule has 24 heavy (non-hydrogen) atoms. The molecule has 0 unspecified atom stereocenters. The molecule has 0 saturated carbocycles. The first-order valence-corrected chi connectivity index (χ1v) is 8.00. The number of imide groups is 1. The van der Waals surface area contributed by atoms with Crippen molar-refractivity contribution in [3.63, 3.8) is 0 Å². The number of nitrogens with zero attached hydrogens (tertiary/aromatic N) is 1. The zero-order chi connectivity index (χ0) is 17.1. The molecule has 1 fully saturated rings. The first kappa shape index (κ1) is 16.1. The molecule has 1 aliphatic rings. The van der Waals surface area contributed by atoms with Gasteiger partial charge in [-0.3, -0.25) is 9.59 Å². The Morgan fingerprint density at radius 2 is 1.67 bits per heavy atom. The van der Waals surface area contributed by atoms with Gasteiger partial charge >= 0.3 is 0 Å². The third kappa shape index (κ3) is 3.00. The first-order valence-electron chi connectivity index (χ1n) is 7.19. The minimum absolute atomic E-state index is 0.343. The highest BCUT2D eigenvalue weighted by atomic mass is 32.2. The Hall–Kier alpha value is -2.73. The predicted molar refractivity (Wildman–Crippen MR) is 94.4 cm³/mol. The molecule has 0 aromatic heterocycles. The molecule has 1 aliphatic heterocycles. The van der Waals surface area contributed by atoms with Crippen LogP contribution in [0.1, 0.15) is 5.56 Å². The van der Waals surface area contributed by atoms with Crippen molar-refractivity contribution in [3.8, 4) is 11.5 Å². The molecule has 5 nitrogen and oxygen atoms in total. The van der Waals surface area contributed by atoms with E-state index in [1.807, 2.05) is 12.1 Å². The van der Waals surface area contributed by atoms with Gasteiger partial charge in [0.1, 0.15) is 11.5 Å². The van der Waals surface area contributed by atoms with E-state index >= 15 is 0 Å². The van der Waals surface area contributed by atoms with Gasteiger partial charge in [-0.1, -0.05) is 24.3 Å². The number of ether oxygens (including phenoxy) is 2. The highest BCUT2D eigenvalue weighted by molar-refractivity contribution is 8.19. The number of anilines is 1. The van der Waals surface area contributed by atoms with Crippen LogP contribution < -0.4 is 14.4 Å². The monoisotopic (exact) mass is 341 g/mol. The van der Waals surface area contributed by atoms with E-state index < -0.39 is 0 Å². The Morgan fingerprint density at radius 3 is 2.33 bits per heavy atom. The standard InChI is InChI=1S/C18H15NO4S/c1-22-13-9-7-12(8-10-13)11-16-17(20)19(18(21)24-16)14-5-3-4-6-15(14)23-2/h3-11H,1-2H3/b16-11-. The van der Waals surface area contributed by atoms with Gasteiger partial charge in [0, 0.05) is 0 Å². The molecule has 0 spiro atoms. The zero-order valence-electron chi connectivity index (χ0n) is 13.2. The Balaban J connectivity index is 1.92. The fourth-order valence-corrected chi connectivity index (χ4v) is 3.18. The lowest BCUT2D eigenvalue weighted by Gasteiger charge is -2.15. The third-order valence-corrected chi connectivity index (χ3v) is 4.40. The molecule has 6 heteroatoms. The Morgan fingerprint density at radius 1 is 0.958 bits per heavy atom. The third-order valence-electron chi connectivity index (χ3n) is 3.53. The van der Waals surface area contributed by atoms with Crippen LogP contribution in [0.5, 0.6) is 11.5 Å². The normalized spacial score (nSPS) is 15.9. The van der Waals surface area contributed by atoms with Crippen LogP contribution in [0.15, 0.2) is 53.4 Å². The topological polar surface area (TPSA) is 55.8 Å². The quantitative estimate of drug-likeness (QED) is 0.788. The smallest absolute Gasteiger partial charge is 0.298 e. The summed E-state index contributed by atoms with van der Waals surface area (Å²) in [4.78, 5) is 26.5. The number of benzene rings is 2. The van der Waals surface area contributed by atoms with E-state index in [-0.39, 0.29) is 11.1 Å². The second kappa shape index (κ2) is 6.80. The molecule has 2 aromatic rings. The van der Waals surface area contributed by atoms with Crippen LogP contribution in [0.2, 0.25) is 0 Å². The molecule has 2 amide bonds. The number of hydrogen-bond donors (Lipinski definition) is 0. The van der Waals surface area contributed by atoms with Crippen LogP contribution in [0, 0.1) is 0 Å². The molecule has 1 saturated heterocycles. The number of carbonyl (C=O) groups is 2. The highest BCUT2D eigenvalue weighted by Crippen LogP contribution is 2.39. The summed E-state index contributed by atoms with van der Waals surface area (Å²) < 4.78 is 10.4. The van der Waals surface area contributed by atoms with Crippen molar-refractivity contribution in [2.75, 3.05) is 19.1 Å². The van der Waals surface area contributed by atoms with E-state index in [0.29, 0.717) is 16.3 Å². The van der Waals surface area contributed by atoms with E-state index in [0.717, 1.165) is 28.0 Å². The van der Waals surface area contributed by atoms with E-state index in [4.69, 9.17) is 9.47 Å². The number of rotatable bonds is 4. The van der Waals surface area contributed by atoms with Crippen molar-refractivity contribution in [3.05, 3.63) is 59.0 Å². The summed E-state index contributed by atoms with van der Waals surface area (Å²) in [5.74, 6) is 0.852. The maximum absolute atomic E-state index is 12.6. The van der Waals surface area contributed by atoms with E-state index in [1.165, 1.54) is 7.11 Å². The molecule has 0 N–H and O–H groups in total. The van der Waals surface area contributed by atoms with Gasteiger partial charge in [-0.2, -0.15) is 0 Å². The van der Waals surface area contributed by atoms with Crippen molar-refractivity contribution in [1.82, 2.24) is 0 Å². The van der Waals surface area contributed by atoms with E-state index in [1.54, 1.807) is 49.6 Å². The number of hydrogen-bond acceptors (Lipinski definition) is 5. The van der Waals surface area contributed by atoms with E-state index in [9.17, 15) is 9.59 Å². The Kier molecular flexibility index (Phi) is 4.57. The summed E-state index contributed by atoms with van der Waals surface area (Å²) in [6.07, 6.45) is 1.69. The molecule has 0 radical (unpaired) electrons. The maximum Gasteiger partial charge on any atom is 0.298 e. The minimum Gasteiger partial charge on any atom is -0.497 e. The summed E-state index contributed by atoms with van der Waals surface area (Å²) in [5.41, 5.74) is 1.27. The van der Waals surface area contributed by atoms with E-state index in [2.05, 4.69) is 0 Å². The van der Waals surface area contributed by atoms with Crippen LogP contribution in [-0.2, 0) is 4.79 Å². The Labute approximate surface area is 143 Å². The van der Waals surface area contributed by atoms with Crippen LogP contribution in [0.3, 0.4) is 0 Å². The van der Waals surface area contributed by atoms with Gasteiger partial charge in [-0.05, 0) is 47.7 Å². The number of methoxy groups -OCH3 is 2. The Bertz CT molecular complexity index is 814. The number of carbonyl (C=O) groups excluding carboxylic acids is 2. The van der Waals surface area contributed by atoms with Crippen LogP contribution in [-0.4, -0.2) is 25.4 Å².